The van der Waals surface area contributed by atoms with Gasteiger partial charge in [-0.25, -0.2) is 8.78 Å². The van der Waals surface area contributed by atoms with Gasteiger partial charge in [0.25, 0.3) is 0 Å². The summed E-state index contributed by atoms with van der Waals surface area (Å²) in [5.74, 6) is -2.39. The van der Waals surface area contributed by atoms with Crippen LogP contribution in [0.1, 0.15) is 18.5 Å². The first-order chi connectivity index (χ1) is 5.52. The Morgan fingerprint density at radius 3 is 2.33 bits per heavy atom. The number of hydrogen-bond donors (Lipinski definition) is 2. The summed E-state index contributed by atoms with van der Waals surface area (Å²) >= 11 is 0. The fraction of sp³-hybridized carbons (Fsp3) is 0.250. The van der Waals surface area contributed by atoms with Crippen molar-refractivity contribution in [1.29, 1.82) is 0 Å². The minimum Gasteiger partial charge on any atom is -0.507 e. The Balaban J connectivity index is 3.23. The summed E-state index contributed by atoms with van der Waals surface area (Å²) in [6, 6.07) is 1.10. The van der Waals surface area contributed by atoms with Gasteiger partial charge in [-0.05, 0) is 13.0 Å². The van der Waals surface area contributed by atoms with Gasteiger partial charge in [-0.3, -0.25) is 0 Å². The quantitative estimate of drug-likeness (QED) is 0.678. The number of aromatic hydroxyl groups is 1. The molecule has 0 saturated heterocycles. The number of halogens is 2. The van der Waals surface area contributed by atoms with E-state index >= 15 is 0 Å². The van der Waals surface area contributed by atoms with E-state index in [9.17, 15) is 8.78 Å². The van der Waals surface area contributed by atoms with Gasteiger partial charge in [-0.15, -0.1) is 0 Å². The normalized spacial score (nSPS) is 13.0. The maximum atomic E-state index is 12.6. The highest BCUT2D eigenvalue weighted by molar-refractivity contribution is 5.35. The second-order valence-electron chi connectivity index (χ2n) is 2.61. The molecule has 0 radical (unpaired) electrons. The van der Waals surface area contributed by atoms with Crippen LogP contribution in [0, 0.1) is 11.6 Å². The van der Waals surface area contributed by atoms with Crippen LogP contribution in [0.2, 0.25) is 0 Å². The minimum absolute atomic E-state index is 0.203. The summed E-state index contributed by atoms with van der Waals surface area (Å²) in [6.07, 6.45) is 0. The molecule has 4 heteroatoms. The van der Waals surface area contributed by atoms with E-state index in [1.807, 2.05) is 0 Å². The van der Waals surface area contributed by atoms with Crippen molar-refractivity contribution in [3.05, 3.63) is 29.3 Å². The maximum absolute atomic E-state index is 12.6. The number of nitrogens with two attached hydrogens (primary N) is 1. The van der Waals surface area contributed by atoms with E-state index in [4.69, 9.17) is 10.8 Å². The number of rotatable bonds is 1. The summed E-state index contributed by atoms with van der Waals surface area (Å²) < 4.78 is 25.0. The molecule has 0 spiro atoms. The van der Waals surface area contributed by atoms with E-state index in [-0.39, 0.29) is 11.3 Å². The van der Waals surface area contributed by atoms with E-state index in [0.717, 1.165) is 6.07 Å². The first kappa shape index (κ1) is 8.93. The Morgan fingerprint density at radius 1 is 1.33 bits per heavy atom. The molecule has 1 rings (SSSR count). The summed E-state index contributed by atoms with van der Waals surface area (Å²) in [5.41, 5.74) is 5.59. The third-order valence-corrected chi connectivity index (χ3v) is 1.56. The lowest BCUT2D eigenvalue weighted by Gasteiger charge is -2.07. The molecule has 1 aromatic carbocycles. The Bertz CT molecular complexity index is 299. The smallest absolute Gasteiger partial charge is 0.162 e. The van der Waals surface area contributed by atoms with E-state index in [2.05, 4.69) is 0 Å². The van der Waals surface area contributed by atoms with Crippen LogP contribution < -0.4 is 5.73 Å². The van der Waals surface area contributed by atoms with Gasteiger partial charge < -0.3 is 10.8 Å². The van der Waals surface area contributed by atoms with E-state index in [1.54, 1.807) is 6.92 Å². The highest BCUT2D eigenvalue weighted by Crippen LogP contribution is 2.24. The molecule has 1 unspecified atom stereocenters. The molecule has 12 heavy (non-hydrogen) atoms. The number of phenolic OH excluding ortho intramolecular Hbond substituents is 1. The van der Waals surface area contributed by atoms with Crippen LogP contribution in [0.15, 0.2) is 12.1 Å². The molecule has 0 amide bonds. The number of benzene rings is 1. The fourth-order valence-corrected chi connectivity index (χ4v) is 0.916. The molecule has 0 aliphatic carbocycles. The van der Waals surface area contributed by atoms with Crippen LogP contribution in [-0.4, -0.2) is 5.11 Å². The minimum atomic E-state index is -1.07. The summed E-state index contributed by atoms with van der Waals surface area (Å²) in [6.45, 7) is 1.58. The maximum Gasteiger partial charge on any atom is 0.162 e. The van der Waals surface area contributed by atoms with Gasteiger partial charge in [-0.1, -0.05) is 0 Å². The van der Waals surface area contributed by atoms with Crippen molar-refractivity contribution in [3.63, 3.8) is 0 Å². The zero-order chi connectivity index (χ0) is 9.30. The topological polar surface area (TPSA) is 46.2 Å². The van der Waals surface area contributed by atoms with Gasteiger partial charge in [-0.2, -0.15) is 0 Å². The first-order valence-corrected chi connectivity index (χ1v) is 3.46. The van der Waals surface area contributed by atoms with Crippen molar-refractivity contribution in [1.82, 2.24) is 0 Å². The van der Waals surface area contributed by atoms with E-state index in [0.29, 0.717) is 6.07 Å². The monoisotopic (exact) mass is 173 g/mol. The molecule has 0 aliphatic rings. The average Bonchev–Trinajstić information content (AvgIpc) is 1.96. The van der Waals surface area contributed by atoms with Crippen molar-refractivity contribution in [3.8, 4) is 5.75 Å². The molecule has 0 bridgehead atoms. The predicted octanol–water partition coefficient (Wildman–Crippen LogP) is 1.69. The summed E-state index contributed by atoms with van der Waals surface area (Å²) in [4.78, 5) is 0. The molecule has 0 fully saturated rings. The second kappa shape index (κ2) is 3.06. The average molecular weight is 173 g/mol. The largest absolute Gasteiger partial charge is 0.507 e. The van der Waals surface area contributed by atoms with Crippen LogP contribution in [0.5, 0.6) is 5.75 Å². The third-order valence-electron chi connectivity index (χ3n) is 1.56. The Morgan fingerprint density at radius 2 is 1.83 bits per heavy atom. The summed E-state index contributed by atoms with van der Waals surface area (Å²) in [7, 11) is 0. The zero-order valence-corrected chi connectivity index (χ0v) is 6.51. The van der Waals surface area contributed by atoms with Crippen LogP contribution in [-0.2, 0) is 0 Å². The summed E-state index contributed by atoms with van der Waals surface area (Å²) in [5, 5.41) is 9.10. The lowest BCUT2D eigenvalue weighted by molar-refractivity contribution is 0.443. The Hall–Kier alpha value is -1.16. The molecule has 2 nitrogen and oxygen atoms in total. The highest BCUT2D eigenvalue weighted by Gasteiger charge is 2.11. The van der Waals surface area contributed by atoms with Crippen LogP contribution in [0.3, 0.4) is 0 Å². The first-order valence-electron chi connectivity index (χ1n) is 3.46. The standard InChI is InChI=1S/C8H9F2NO/c1-4(11)5-2-6(9)7(10)3-8(5)12/h2-4,12H,11H2,1H3. The molecule has 1 atom stereocenters. The molecule has 0 aliphatic heterocycles. The fourth-order valence-electron chi connectivity index (χ4n) is 0.916. The molecule has 1 aromatic rings. The van der Waals surface area contributed by atoms with Crippen molar-refractivity contribution in [2.75, 3.05) is 0 Å². The van der Waals surface area contributed by atoms with E-state index < -0.39 is 17.7 Å². The second-order valence-corrected chi connectivity index (χ2v) is 2.61. The van der Waals surface area contributed by atoms with Crippen molar-refractivity contribution in [2.24, 2.45) is 5.73 Å². The van der Waals surface area contributed by atoms with Gasteiger partial charge in [0.15, 0.2) is 11.6 Å². The predicted molar refractivity (Wildman–Crippen MR) is 40.6 cm³/mol. The van der Waals surface area contributed by atoms with Crippen molar-refractivity contribution in [2.45, 2.75) is 13.0 Å². The lowest BCUT2D eigenvalue weighted by atomic mass is 10.1. The number of phenols is 1. The molecule has 0 saturated carbocycles. The lowest BCUT2D eigenvalue weighted by Crippen LogP contribution is -2.06. The Labute approximate surface area is 68.6 Å². The number of hydrogen-bond acceptors (Lipinski definition) is 2. The van der Waals surface area contributed by atoms with Gasteiger partial charge in [0.2, 0.25) is 0 Å². The van der Waals surface area contributed by atoms with Crippen molar-refractivity contribution >= 4 is 0 Å². The molecule has 0 aromatic heterocycles. The van der Waals surface area contributed by atoms with Crippen molar-refractivity contribution < 1.29 is 13.9 Å². The van der Waals surface area contributed by atoms with Gasteiger partial charge in [0, 0.05) is 17.7 Å². The van der Waals surface area contributed by atoms with Crippen LogP contribution in [0.4, 0.5) is 8.78 Å². The van der Waals surface area contributed by atoms with Crippen LogP contribution in [0.25, 0.3) is 0 Å². The highest BCUT2D eigenvalue weighted by atomic mass is 19.2. The molecule has 0 heterocycles. The van der Waals surface area contributed by atoms with E-state index in [1.165, 1.54) is 0 Å². The van der Waals surface area contributed by atoms with Gasteiger partial charge >= 0.3 is 0 Å². The third kappa shape index (κ3) is 1.53. The Kier molecular flexibility index (Phi) is 2.28. The molecular weight excluding hydrogens is 164 g/mol. The van der Waals surface area contributed by atoms with Gasteiger partial charge in [0.1, 0.15) is 5.75 Å². The zero-order valence-electron chi connectivity index (χ0n) is 6.51. The van der Waals surface area contributed by atoms with Crippen LogP contribution >= 0.6 is 0 Å². The SMILES string of the molecule is CC(N)c1cc(F)c(F)cc1O. The van der Waals surface area contributed by atoms with Gasteiger partial charge in [0.05, 0.1) is 0 Å². The molecule has 3 N–H and O–H groups in total. The molecule has 66 valence electrons. The molecular formula is C8H9F2NO.